The minimum absolute atomic E-state index is 0.944. The van der Waals surface area contributed by atoms with Gasteiger partial charge < -0.3 is 0 Å². The van der Waals surface area contributed by atoms with Crippen LogP contribution >= 0.6 is 0 Å². The number of hydrogen-bond acceptors (Lipinski definition) is 0. The molecule has 0 unspecified atom stereocenters. The molecule has 0 N–H and O–H groups in total. The quantitative estimate of drug-likeness (QED) is 0.605. The van der Waals surface area contributed by atoms with Gasteiger partial charge in [0.15, 0.2) is 0 Å². The van der Waals surface area contributed by atoms with Crippen LogP contribution in [0.2, 0.25) is 0 Å². The Kier molecular flexibility index (Phi) is 3.51. The zero-order valence-corrected chi connectivity index (χ0v) is 8.38. The fourth-order valence-corrected chi connectivity index (χ4v) is 1.19. The topological polar surface area (TPSA) is 0 Å². The first kappa shape index (κ1) is 9.79. The van der Waals surface area contributed by atoms with E-state index >= 15 is 0 Å². The number of benzene rings is 1. The molecular weight excluding hydrogens is 156 g/mol. The molecule has 0 heterocycles. The Labute approximate surface area is 80.6 Å². The van der Waals surface area contributed by atoms with E-state index in [0.717, 1.165) is 6.42 Å². The molecule has 0 aromatic heterocycles. The Morgan fingerprint density at radius 2 is 1.92 bits per heavy atom. The van der Waals surface area contributed by atoms with E-state index in [9.17, 15) is 0 Å². The highest BCUT2D eigenvalue weighted by Gasteiger charge is 1.92. The normalized spacial score (nSPS) is 11.4. The third kappa shape index (κ3) is 2.90. The third-order valence-corrected chi connectivity index (χ3v) is 2.10. The highest BCUT2D eigenvalue weighted by Crippen LogP contribution is 2.14. The second-order valence-electron chi connectivity index (χ2n) is 3.28. The Morgan fingerprint density at radius 1 is 1.31 bits per heavy atom. The van der Waals surface area contributed by atoms with E-state index in [0.29, 0.717) is 0 Å². The second kappa shape index (κ2) is 4.66. The summed E-state index contributed by atoms with van der Waals surface area (Å²) < 4.78 is 0. The minimum atomic E-state index is 0.944. The van der Waals surface area contributed by atoms with E-state index in [1.807, 2.05) is 6.08 Å². The van der Waals surface area contributed by atoms with Gasteiger partial charge >= 0.3 is 0 Å². The molecule has 0 amide bonds. The van der Waals surface area contributed by atoms with Gasteiger partial charge in [-0.2, -0.15) is 0 Å². The fraction of sp³-hybridized carbons (Fsp3) is 0.231. The first-order chi connectivity index (χ1) is 6.24. The number of rotatable bonds is 3. The molecule has 0 saturated heterocycles. The van der Waals surface area contributed by atoms with Crippen LogP contribution in [0.1, 0.15) is 24.5 Å². The monoisotopic (exact) mass is 172 g/mol. The van der Waals surface area contributed by atoms with Gasteiger partial charge in [0.05, 0.1) is 0 Å². The average molecular weight is 172 g/mol. The molecule has 0 heteroatoms. The van der Waals surface area contributed by atoms with Crippen LogP contribution < -0.4 is 0 Å². The van der Waals surface area contributed by atoms with Crippen molar-refractivity contribution in [2.45, 2.75) is 20.3 Å². The molecule has 68 valence electrons. The number of allylic oxidation sites excluding steroid dienone is 3. The van der Waals surface area contributed by atoms with Gasteiger partial charge in [0.1, 0.15) is 0 Å². The van der Waals surface area contributed by atoms with E-state index in [1.165, 1.54) is 16.7 Å². The van der Waals surface area contributed by atoms with Crippen molar-refractivity contribution in [2.75, 3.05) is 0 Å². The van der Waals surface area contributed by atoms with Crippen molar-refractivity contribution in [2.24, 2.45) is 0 Å². The molecular formula is C13H16. The molecule has 0 aliphatic heterocycles. The molecule has 0 spiro atoms. The van der Waals surface area contributed by atoms with Crippen molar-refractivity contribution >= 4 is 5.57 Å². The summed E-state index contributed by atoms with van der Waals surface area (Å²) in [5.74, 6) is 0. The molecule has 0 atom stereocenters. The number of aryl methyl sites for hydroxylation is 1. The van der Waals surface area contributed by atoms with Crippen LogP contribution in [0, 0.1) is 6.92 Å². The average Bonchev–Trinajstić information content (AvgIpc) is 2.15. The summed E-state index contributed by atoms with van der Waals surface area (Å²) in [6.07, 6.45) is 5.05. The van der Waals surface area contributed by atoms with Crippen molar-refractivity contribution in [3.05, 3.63) is 54.1 Å². The zero-order valence-electron chi connectivity index (χ0n) is 8.38. The lowest BCUT2D eigenvalue weighted by Gasteiger charge is -2.01. The Hall–Kier alpha value is -1.30. The van der Waals surface area contributed by atoms with Crippen LogP contribution in [0.25, 0.3) is 5.57 Å². The molecule has 1 aromatic rings. The van der Waals surface area contributed by atoms with Gasteiger partial charge in [-0.05, 0) is 31.4 Å². The van der Waals surface area contributed by atoms with Crippen LogP contribution in [-0.2, 0) is 0 Å². The SMILES string of the molecule is C=CCC=C(C)c1ccc(C)cc1. The van der Waals surface area contributed by atoms with Crippen molar-refractivity contribution in [3.63, 3.8) is 0 Å². The molecule has 1 rings (SSSR count). The Morgan fingerprint density at radius 3 is 2.46 bits per heavy atom. The first-order valence-corrected chi connectivity index (χ1v) is 4.58. The third-order valence-electron chi connectivity index (χ3n) is 2.10. The van der Waals surface area contributed by atoms with Crippen molar-refractivity contribution < 1.29 is 0 Å². The van der Waals surface area contributed by atoms with Gasteiger partial charge in [0.25, 0.3) is 0 Å². The molecule has 0 saturated carbocycles. The van der Waals surface area contributed by atoms with E-state index in [1.54, 1.807) is 0 Å². The summed E-state index contributed by atoms with van der Waals surface area (Å²) in [6.45, 7) is 7.93. The summed E-state index contributed by atoms with van der Waals surface area (Å²) in [7, 11) is 0. The standard InChI is InChI=1S/C13H16/c1-4-5-6-12(3)13-9-7-11(2)8-10-13/h4,6-10H,1,5H2,2-3H3. The Balaban J connectivity index is 2.82. The van der Waals surface area contributed by atoms with Crippen molar-refractivity contribution in [1.82, 2.24) is 0 Å². The van der Waals surface area contributed by atoms with Gasteiger partial charge in [-0.25, -0.2) is 0 Å². The van der Waals surface area contributed by atoms with Gasteiger partial charge in [0, 0.05) is 0 Å². The molecule has 0 bridgehead atoms. The molecule has 0 radical (unpaired) electrons. The van der Waals surface area contributed by atoms with Crippen LogP contribution in [0.3, 0.4) is 0 Å². The first-order valence-electron chi connectivity index (χ1n) is 4.58. The number of hydrogen-bond donors (Lipinski definition) is 0. The van der Waals surface area contributed by atoms with Gasteiger partial charge in [-0.3, -0.25) is 0 Å². The molecule has 13 heavy (non-hydrogen) atoms. The van der Waals surface area contributed by atoms with E-state index in [4.69, 9.17) is 0 Å². The predicted molar refractivity (Wildman–Crippen MR) is 59.6 cm³/mol. The van der Waals surface area contributed by atoms with E-state index in [2.05, 4.69) is 50.8 Å². The smallest absolute Gasteiger partial charge is 0.0166 e. The van der Waals surface area contributed by atoms with Gasteiger partial charge in [-0.15, -0.1) is 6.58 Å². The highest BCUT2D eigenvalue weighted by molar-refractivity contribution is 5.63. The lowest BCUT2D eigenvalue weighted by molar-refractivity contribution is 1.38. The largest absolute Gasteiger partial charge is 0.103 e. The second-order valence-corrected chi connectivity index (χ2v) is 3.28. The van der Waals surface area contributed by atoms with E-state index in [-0.39, 0.29) is 0 Å². The minimum Gasteiger partial charge on any atom is -0.103 e. The maximum atomic E-state index is 3.70. The maximum absolute atomic E-state index is 3.70. The van der Waals surface area contributed by atoms with Crippen LogP contribution in [0.5, 0.6) is 0 Å². The van der Waals surface area contributed by atoms with Crippen molar-refractivity contribution in [1.29, 1.82) is 0 Å². The Bertz CT molecular complexity index is 301. The van der Waals surface area contributed by atoms with Crippen LogP contribution in [0.4, 0.5) is 0 Å². The fourth-order valence-electron chi connectivity index (χ4n) is 1.19. The summed E-state index contributed by atoms with van der Waals surface area (Å²) in [6, 6.07) is 8.59. The molecule has 0 aliphatic carbocycles. The van der Waals surface area contributed by atoms with Crippen LogP contribution in [-0.4, -0.2) is 0 Å². The summed E-state index contributed by atoms with van der Waals surface area (Å²) in [4.78, 5) is 0. The van der Waals surface area contributed by atoms with E-state index < -0.39 is 0 Å². The highest BCUT2D eigenvalue weighted by atomic mass is 14.0. The van der Waals surface area contributed by atoms with Crippen molar-refractivity contribution in [3.8, 4) is 0 Å². The molecule has 0 aliphatic rings. The lowest BCUT2D eigenvalue weighted by Crippen LogP contribution is -1.79. The summed E-state index contributed by atoms with van der Waals surface area (Å²) in [5, 5.41) is 0. The molecule has 0 nitrogen and oxygen atoms in total. The molecule has 1 aromatic carbocycles. The zero-order chi connectivity index (χ0) is 9.68. The molecule has 0 fully saturated rings. The lowest BCUT2D eigenvalue weighted by atomic mass is 10.1. The van der Waals surface area contributed by atoms with Gasteiger partial charge in [-0.1, -0.05) is 42.0 Å². The van der Waals surface area contributed by atoms with Gasteiger partial charge in [0.2, 0.25) is 0 Å². The summed E-state index contributed by atoms with van der Waals surface area (Å²) in [5.41, 5.74) is 3.92. The summed E-state index contributed by atoms with van der Waals surface area (Å²) >= 11 is 0. The predicted octanol–water partition coefficient (Wildman–Crippen LogP) is 3.97. The van der Waals surface area contributed by atoms with Crippen LogP contribution in [0.15, 0.2) is 43.0 Å². The maximum Gasteiger partial charge on any atom is -0.0166 e.